The van der Waals surface area contributed by atoms with Crippen molar-refractivity contribution >= 4 is 40.8 Å². The number of aromatic nitrogens is 2. The van der Waals surface area contributed by atoms with Crippen LogP contribution in [-0.2, 0) is 0 Å². The van der Waals surface area contributed by atoms with E-state index in [1.54, 1.807) is 24.3 Å². The highest BCUT2D eigenvalue weighted by molar-refractivity contribution is 6.36. The Balaban J connectivity index is 1.77. The number of rotatable bonds is 4. The van der Waals surface area contributed by atoms with Crippen LogP contribution < -0.4 is 10.1 Å². The average molecular weight is 388 g/mol. The Kier molecular flexibility index (Phi) is 5.40. The van der Waals surface area contributed by atoms with Gasteiger partial charge in [-0.25, -0.2) is 14.8 Å². The molecule has 7 heteroatoms. The van der Waals surface area contributed by atoms with Crippen molar-refractivity contribution in [3.05, 3.63) is 75.5 Å². The summed E-state index contributed by atoms with van der Waals surface area (Å²) in [4.78, 5) is 21.0. The first-order valence-electron chi connectivity index (χ1n) is 7.77. The molecular formula is C19H15Cl2N3O2. The van der Waals surface area contributed by atoms with E-state index >= 15 is 0 Å². The summed E-state index contributed by atoms with van der Waals surface area (Å²) >= 11 is 11.9. The highest BCUT2D eigenvalue weighted by Gasteiger charge is 2.13. The number of anilines is 2. The van der Waals surface area contributed by atoms with Gasteiger partial charge >= 0.3 is 5.97 Å². The lowest BCUT2D eigenvalue weighted by molar-refractivity contribution is 0.0735. The van der Waals surface area contributed by atoms with Gasteiger partial charge in [0.25, 0.3) is 0 Å². The number of hydrogen-bond acceptors (Lipinski definition) is 5. The molecule has 0 spiro atoms. The molecular weight excluding hydrogens is 373 g/mol. The Morgan fingerprint density at radius 2 is 1.73 bits per heavy atom. The fraction of sp³-hybridized carbons (Fsp3) is 0.105. The largest absolute Gasteiger partial charge is 0.423 e. The Hall–Kier alpha value is -2.63. The summed E-state index contributed by atoms with van der Waals surface area (Å²) in [7, 11) is 0. The third kappa shape index (κ3) is 4.50. The molecule has 0 saturated carbocycles. The minimum Gasteiger partial charge on any atom is -0.423 e. The van der Waals surface area contributed by atoms with E-state index in [2.05, 4.69) is 15.3 Å². The molecule has 132 valence electrons. The van der Waals surface area contributed by atoms with E-state index in [4.69, 9.17) is 27.9 Å². The predicted octanol–water partition coefficient (Wildman–Crippen LogP) is 5.36. The molecule has 0 atom stereocenters. The number of carbonyl (C=O) groups excluding carboxylic acids is 1. The molecule has 5 nitrogen and oxygen atoms in total. The highest BCUT2D eigenvalue weighted by Crippen LogP contribution is 2.24. The number of esters is 1. The smallest absolute Gasteiger partial charge is 0.345 e. The molecule has 0 fully saturated rings. The van der Waals surface area contributed by atoms with E-state index in [9.17, 15) is 4.79 Å². The van der Waals surface area contributed by atoms with Crippen LogP contribution in [0.2, 0.25) is 10.0 Å². The Morgan fingerprint density at radius 1 is 1.00 bits per heavy atom. The van der Waals surface area contributed by atoms with E-state index in [0.717, 1.165) is 11.4 Å². The summed E-state index contributed by atoms with van der Waals surface area (Å²) in [5.41, 5.74) is 2.66. The maximum absolute atomic E-state index is 12.3. The predicted molar refractivity (Wildman–Crippen MR) is 103 cm³/mol. The quantitative estimate of drug-likeness (QED) is 0.481. The lowest BCUT2D eigenvalue weighted by atomic mass is 10.2. The minimum atomic E-state index is -0.563. The van der Waals surface area contributed by atoms with Crippen molar-refractivity contribution in [3.63, 3.8) is 0 Å². The fourth-order valence-electron chi connectivity index (χ4n) is 2.37. The van der Waals surface area contributed by atoms with Crippen molar-refractivity contribution in [3.8, 4) is 5.75 Å². The number of benzene rings is 2. The summed E-state index contributed by atoms with van der Waals surface area (Å²) < 4.78 is 5.40. The lowest BCUT2D eigenvalue weighted by Gasteiger charge is -2.09. The zero-order chi connectivity index (χ0) is 18.7. The molecule has 0 amide bonds. The summed E-state index contributed by atoms with van der Waals surface area (Å²) in [6, 6.07) is 13.4. The van der Waals surface area contributed by atoms with E-state index in [1.807, 2.05) is 26.0 Å². The molecule has 0 saturated heterocycles. The lowest BCUT2D eigenvalue weighted by Crippen LogP contribution is -2.09. The fourth-order valence-corrected chi connectivity index (χ4v) is 2.85. The van der Waals surface area contributed by atoms with Gasteiger partial charge < -0.3 is 10.1 Å². The summed E-state index contributed by atoms with van der Waals surface area (Å²) in [6.45, 7) is 3.79. The molecule has 1 aromatic heterocycles. The van der Waals surface area contributed by atoms with Gasteiger partial charge in [0.2, 0.25) is 5.95 Å². The van der Waals surface area contributed by atoms with Crippen LogP contribution in [0.5, 0.6) is 5.75 Å². The van der Waals surface area contributed by atoms with Gasteiger partial charge in [0.15, 0.2) is 0 Å². The summed E-state index contributed by atoms with van der Waals surface area (Å²) in [5, 5.41) is 3.79. The van der Waals surface area contributed by atoms with E-state index in [-0.39, 0.29) is 10.6 Å². The monoisotopic (exact) mass is 387 g/mol. The van der Waals surface area contributed by atoms with Gasteiger partial charge in [-0.1, -0.05) is 29.3 Å². The first kappa shape index (κ1) is 18.2. The van der Waals surface area contributed by atoms with E-state index < -0.39 is 5.97 Å². The first-order chi connectivity index (χ1) is 12.4. The Bertz CT molecular complexity index is 956. The van der Waals surface area contributed by atoms with Gasteiger partial charge in [0, 0.05) is 28.2 Å². The average Bonchev–Trinajstić information content (AvgIpc) is 2.54. The van der Waals surface area contributed by atoms with Crippen LogP contribution in [0.1, 0.15) is 21.7 Å². The van der Waals surface area contributed by atoms with Crippen LogP contribution in [0, 0.1) is 13.8 Å². The van der Waals surface area contributed by atoms with Crippen LogP contribution in [0.4, 0.5) is 11.6 Å². The van der Waals surface area contributed by atoms with Crippen molar-refractivity contribution in [1.29, 1.82) is 0 Å². The second kappa shape index (κ2) is 7.72. The molecule has 3 aromatic rings. The Labute approximate surface area is 161 Å². The second-order valence-electron chi connectivity index (χ2n) is 5.64. The number of nitrogens with zero attached hydrogens (tertiary/aromatic N) is 2. The number of nitrogens with one attached hydrogen (secondary N) is 1. The molecule has 0 aliphatic rings. The third-order valence-corrected chi connectivity index (χ3v) is 3.98. The van der Waals surface area contributed by atoms with Gasteiger partial charge in [0.1, 0.15) is 5.75 Å². The first-order valence-corrected chi connectivity index (χ1v) is 8.53. The molecule has 0 unspecified atom stereocenters. The molecule has 26 heavy (non-hydrogen) atoms. The standard InChI is InChI=1S/C19H15Cl2N3O2/c1-11-8-12(2)23-19(22-11)24-14-4-3-5-15(10-14)26-18(25)16-7-6-13(20)9-17(16)21/h3-10H,1-2H3,(H,22,23,24). The van der Waals surface area contributed by atoms with Gasteiger partial charge in [-0.15, -0.1) is 0 Å². The zero-order valence-corrected chi connectivity index (χ0v) is 15.6. The Morgan fingerprint density at radius 3 is 2.42 bits per heavy atom. The molecule has 3 rings (SSSR count). The van der Waals surface area contributed by atoms with Gasteiger partial charge in [0.05, 0.1) is 10.6 Å². The maximum Gasteiger partial charge on any atom is 0.345 e. The number of carbonyl (C=O) groups is 1. The molecule has 0 radical (unpaired) electrons. The summed E-state index contributed by atoms with van der Waals surface area (Å²) in [5.74, 6) is 0.286. The van der Waals surface area contributed by atoms with Crippen LogP contribution in [-0.4, -0.2) is 15.9 Å². The maximum atomic E-state index is 12.3. The topological polar surface area (TPSA) is 64.1 Å². The van der Waals surface area contributed by atoms with E-state index in [0.29, 0.717) is 22.4 Å². The molecule has 0 aliphatic carbocycles. The van der Waals surface area contributed by atoms with Crippen LogP contribution in [0.15, 0.2) is 48.5 Å². The van der Waals surface area contributed by atoms with Crippen LogP contribution >= 0.6 is 23.2 Å². The molecule has 0 aliphatic heterocycles. The normalized spacial score (nSPS) is 10.5. The summed E-state index contributed by atoms with van der Waals surface area (Å²) in [6.07, 6.45) is 0. The zero-order valence-electron chi connectivity index (χ0n) is 14.1. The molecule has 1 N–H and O–H groups in total. The van der Waals surface area contributed by atoms with Crippen molar-refractivity contribution in [2.24, 2.45) is 0 Å². The molecule has 0 bridgehead atoms. The SMILES string of the molecule is Cc1cc(C)nc(Nc2cccc(OC(=O)c3ccc(Cl)cc3Cl)c2)n1. The number of aryl methyl sites for hydroxylation is 2. The second-order valence-corrected chi connectivity index (χ2v) is 6.48. The number of ether oxygens (including phenoxy) is 1. The number of hydrogen-bond donors (Lipinski definition) is 1. The van der Waals surface area contributed by atoms with E-state index in [1.165, 1.54) is 12.1 Å². The van der Waals surface area contributed by atoms with Crippen LogP contribution in [0.25, 0.3) is 0 Å². The van der Waals surface area contributed by atoms with Gasteiger partial charge in [-0.05, 0) is 50.2 Å². The van der Waals surface area contributed by atoms with Crippen LogP contribution in [0.3, 0.4) is 0 Å². The van der Waals surface area contributed by atoms with Crippen molar-refractivity contribution in [1.82, 2.24) is 9.97 Å². The number of halogens is 2. The highest BCUT2D eigenvalue weighted by atomic mass is 35.5. The van der Waals surface area contributed by atoms with Crippen molar-refractivity contribution in [2.45, 2.75) is 13.8 Å². The minimum absolute atomic E-state index is 0.236. The molecule has 2 aromatic carbocycles. The molecule has 1 heterocycles. The van der Waals surface area contributed by atoms with Gasteiger partial charge in [-0.2, -0.15) is 0 Å². The van der Waals surface area contributed by atoms with Crippen molar-refractivity contribution < 1.29 is 9.53 Å². The van der Waals surface area contributed by atoms with Crippen molar-refractivity contribution in [2.75, 3.05) is 5.32 Å². The third-order valence-electron chi connectivity index (χ3n) is 3.43. The van der Waals surface area contributed by atoms with Gasteiger partial charge in [-0.3, -0.25) is 0 Å².